The smallest absolute Gasteiger partial charge is 0.246 e. The number of hydrogen-bond donors (Lipinski definition) is 2. The number of piperidine rings is 2. The van der Waals surface area contributed by atoms with Gasteiger partial charge in [-0.05, 0) is 79.9 Å². The molecule has 0 spiro atoms. The van der Waals surface area contributed by atoms with Gasteiger partial charge in [0, 0.05) is 25.7 Å². The van der Waals surface area contributed by atoms with E-state index in [1.54, 1.807) is 6.20 Å². The highest BCUT2D eigenvalue weighted by Crippen LogP contribution is 2.29. The van der Waals surface area contributed by atoms with Gasteiger partial charge in [0.25, 0.3) is 0 Å². The molecule has 2 fully saturated rings. The van der Waals surface area contributed by atoms with Gasteiger partial charge in [0.05, 0.1) is 16.8 Å². The summed E-state index contributed by atoms with van der Waals surface area (Å²) in [6.45, 7) is 8.14. The summed E-state index contributed by atoms with van der Waals surface area (Å²) in [5.41, 5.74) is 2.03. The molecule has 1 atom stereocenters. The molecule has 1 amide bonds. The number of hydrogen-bond acceptors (Lipinski definition) is 10. The molecule has 2 saturated heterocycles. The predicted molar refractivity (Wildman–Crippen MR) is 160 cm³/mol. The second-order valence-corrected chi connectivity index (χ2v) is 11.5. The molecule has 0 unspecified atom stereocenters. The van der Waals surface area contributed by atoms with Crippen LogP contribution in [0.15, 0.2) is 61.3 Å². The fraction of sp³-hybridized carbons (Fsp3) is 0.379. The molecule has 2 aliphatic rings. The fourth-order valence-electron chi connectivity index (χ4n) is 5.35. The van der Waals surface area contributed by atoms with E-state index in [0.29, 0.717) is 17.5 Å². The number of anilines is 3. The Morgan fingerprint density at radius 3 is 2.73 bits per heavy atom. The summed E-state index contributed by atoms with van der Waals surface area (Å²) < 4.78 is 0. The van der Waals surface area contributed by atoms with E-state index in [1.807, 2.05) is 35.2 Å². The quantitative estimate of drug-likeness (QED) is 0.281. The molecule has 212 valence electrons. The van der Waals surface area contributed by atoms with Crippen LogP contribution in [0.3, 0.4) is 0 Å². The summed E-state index contributed by atoms with van der Waals surface area (Å²) >= 11 is 1.45. The van der Waals surface area contributed by atoms with Crippen LogP contribution >= 0.6 is 11.3 Å². The molecule has 0 aliphatic carbocycles. The van der Waals surface area contributed by atoms with Crippen molar-refractivity contribution in [2.45, 2.75) is 44.7 Å². The number of tetrazole rings is 1. The van der Waals surface area contributed by atoms with Crippen molar-refractivity contribution in [2.24, 2.45) is 0 Å². The van der Waals surface area contributed by atoms with Crippen LogP contribution in [0, 0.1) is 0 Å². The van der Waals surface area contributed by atoms with Gasteiger partial charge in [-0.15, -0.1) is 15.0 Å². The lowest BCUT2D eigenvalue weighted by atomic mass is 10.1. The molecule has 3 aromatic heterocycles. The fourth-order valence-corrected chi connectivity index (χ4v) is 6.10. The number of aromatic nitrogens is 6. The predicted octanol–water partition coefficient (Wildman–Crippen LogP) is 4.50. The molecule has 2 aliphatic heterocycles. The summed E-state index contributed by atoms with van der Waals surface area (Å²) in [6, 6.07) is 14.0. The number of benzene rings is 1. The summed E-state index contributed by atoms with van der Waals surface area (Å²) in [5.74, 6) is 2.01. The SMILES string of the molecule is C=CC(=O)N1CCC[C@H](Nc2cc(CN3CCCCC3)cc(Nc3ncc(-c4nnn(-c5ccccc5)n4)s3)n2)C1. The molecule has 4 aromatic rings. The molecule has 6 rings (SSSR count). The van der Waals surface area contributed by atoms with E-state index in [4.69, 9.17) is 4.98 Å². The zero-order valence-electron chi connectivity index (χ0n) is 22.9. The molecule has 0 saturated carbocycles. The number of thiazole rings is 1. The van der Waals surface area contributed by atoms with Gasteiger partial charge in [-0.3, -0.25) is 9.69 Å². The third-order valence-corrected chi connectivity index (χ3v) is 8.27. The van der Waals surface area contributed by atoms with Gasteiger partial charge in [0.2, 0.25) is 11.7 Å². The van der Waals surface area contributed by atoms with Crippen LogP contribution in [-0.2, 0) is 11.3 Å². The number of nitrogens with zero attached hydrogens (tertiary/aromatic N) is 8. The first-order valence-electron chi connectivity index (χ1n) is 14.1. The third-order valence-electron chi connectivity index (χ3n) is 7.36. The minimum Gasteiger partial charge on any atom is -0.365 e. The van der Waals surface area contributed by atoms with Gasteiger partial charge in [0.1, 0.15) is 11.6 Å². The van der Waals surface area contributed by atoms with E-state index in [2.05, 4.69) is 54.6 Å². The minimum atomic E-state index is -0.0245. The van der Waals surface area contributed by atoms with Crippen molar-refractivity contribution in [3.63, 3.8) is 0 Å². The first-order valence-corrected chi connectivity index (χ1v) is 14.9. The van der Waals surface area contributed by atoms with Crippen LogP contribution in [-0.4, -0.2) is 78.1 Å². The van der Waals surface area contributed by atoms with Gasteiger partial charge in [-0.1, -0.05) is 42.5 Å². The van der Waals surface area contributed by atoms with Crippen molar-refractivity contribution in [3.8, 4) is 16.4 Å². The molecule has 1 aromatic carbocycles. The number of amides is 1. The highest BCUT2D eigenvalue weighted by molar-refractivity contribution is 7.18. The van der Waals surface area contributed by atoms with Crippen molar-refractivity contribution >= 4 is 34.0 Å². The Hall–Kier alpha value is -4.16. The first-order chi connectivity index (χ1) is 20.1. The van der Waals surface area contributed by atoms with E-state index >= 15 is 0 Å². The zero-order valence-corrected chi connectivity index (χ0v) is 23.8. The average molecular weight is 571 g/mol. The van der Waals surface area contributed by atoms with Crippen LogP contribution in [0.1, 0.15) is 37.7 Å². The maximum Gasteiger partial charge on any atom is 0.246 e. The van der Waals surface area contributed by atoms with Crippen LogP contribution in [0.5, 0.6) is 0 Å². The normalized spacial score (nSPS) is 17.8. The number of nitrogens with one attached hydrogen (secondary N) is 2. The van der Waals surface area contributed by atoms with Crippen molar-refractivity contribution in [2.75, 3.05) is 36.8 Å². The molecular weight excluding hydrogens is 536 g/mol. The van der Waals surface area contributed by atoms with Crippen molar-refractivity contribution < 1.29 is 4.79 Å². The summed E-state index contributed by atoms with van der Waals surface area (Å²) in [6.07, 6.45) is 8.84. The van der Waals surface area contributed by atoms with Crippen LogP contribution in [0.2, 0.25) is 0 Å². The number of carbonyl (C=O) groups is 1. The van der Waals surface area contributed by atoms with Gasteiger partial charge in [-0.2, -0.15) is 0 Å². The standard InChI is InChI=1S/C29H34N10OS/c1-2-27(40)38-15-9-10-22(20-38)31-25-16-21(19-37-13-7-4-8-14-37)17-26(32-25)33-29-30-18-24(41-29)28-34-36-39(35-28)23-11-5-3-6-12-23/h2-3,5-6,11-12,16-18,22H,1,4,7-10,13-15,19-20H2,(H2,30,31,32,33)/t22-/m0/s1. The Bertz CT molecular complexity index is 1480. The van der Waals surface area contributed by atoms with E-state index < -0.39 is 0 Å². The number of para-hydroxylation sites is 1. The van der Waals surface area contributed by atoms with Gasteiger partial charge < -0.3 is 15.5 Å². The van der Waals surface area contributed by atoms with Gasteiger partial charge in [-0.25, -0.2) is 9.97 Å². The van der Waals surface area contributed by atoms with Crippen molar-refractivity contribution in [3.05, 3.63) is 66.9 Å². The third kappa shape index (κ3) is 6.77. The van der Waals surface area contributed by atoms with Crippen molar-refractivity contribution in [1.29, 1.82) is 0 Å². The summed E-state index contributed by atoms with van der Waals surface area (Å²) in [7, 11) is 0. The maximum atomic E-state index is 12.2. The first kappa shape index (κ1) is 27.0. The van der Waals surface area contributed by atoms with Crippen LogP contribution < -0.4 is 10.6 Å². The second kappa shape index (κ2) is 12.6. The van der Waals surface area contributed by atoms with Gasteiger partial charge in [0.15, 0.2) is 5.13 Å². The van der Waals surface area contributed by atoms with Gasteiger partial charge >= 0.3 is 0 Å². The van der Waals surface area contributed by atoms with E-state index in [0.717, 1.165) is 61.2 Å². The molecule has 12 heteroatoms. The minimum absolute atomic E-state index is 0.0245. The topological polar surface area (TPSA) is 117 Å². The molecule has 0 bridgehead atoms. The summed E-state index contributed by atoms with van der Waals surface area (Å²) in [4.78, 5) is 28.3. The molecular formula is C29H34N10OS. The Morgan fingerprint density at radius 2 is 1.90 bits per heavy atom. The van der Waals surface area contributed by atoms with E-state index in [9.17, 15) is 4.79 Å². The maximum absolute atomic E-state index is 12.2. The summed E-state index contributed by atoms with van der Waals surface area (Å²) in [5, 5.41) is 20.6. The molecule has 41 heavy (non-hydrogen) atoms. The number of likely N-dealkylation sites (tertiary alicyclic amines) is 2. The Kier molecular flexibility index (Phi) is 8.28. The largest absolute Gasteiger partial charge is 0.365 e. The van der Waals surface area contributed by atoms with E-state index in [-0.39, 0.29) is 11.9 Å². The highest BCUT2D eigenvalue weighted by atomic mass is 32.1. The van der Waals surface area contributed by atoms with Crippen LogP contribution in [0.25, 0.3) is 16.4 Å². The lowest BCUT2D eigenvalue weighted by molar-refractivity contribution is -0.127. The zero-order chi connectivity index (χ0) is 28.0. The molecule has 11 nitrogen and oxygen atoms in total. The Morgan fingerprint density at radius 1 is 1.07 bits per heavy atom. The lowest BCUT2D eigenvalue weighted by Crippen LogP contribution is -2.44. The molecule has 0 radical (unpaired) electrons. The lowest BCUT2D eigenvalue weighted by Gasteiger charge is -2.33. The average Bonchev–Trinajstić information content (AvgIpc) is 3.68. The monoisotopic (exact) mass is 570 g/mol. The Balaban J connectivity index is 1.20. The van der Waals surface area contributed by atoms with E-state index in [1.165, 1.54) is 47.0 Å². The number of rotatable bonds is 9. The highest BCUT2D eigenvalue weighted by Gasteiger charge is 2.23. The van der Waals surface area contributed by atoms with Crippen LogP contribution in [0.4, 0.5) is 16.8 Å². The second-order valence-electron chi connectivity index (χ2n) is 10.4. The Labute approximate surface area is 243 Å². The number of carbonyl (C=O) groups excluding carboxylic acids is 1. The number of pyridine rings is 1. The van der Waals surface area contributed by atoms with Crippen molar-refractivity contribution in [1.82, 2.24) is 40.0 Å². The molecule has 2 N–H and O–H groups in total. The molecule has 5 heterocycles.